The maximum atomic E-state index is 13.6. The second-order valence-electron chi connectivity index (χ2n) is 4.83. The number of rotatable bonds is 6. The Morgan fingerprint density at radius 2 is 1.80 bits per heavy atom. The molecule has 0 aromatic heterocycles. The third kappa shape index (κ3) is 4.70. The molecule has 0 spiro atoms. The van der Waals surface area contributed by atoms with E-state index >= 15 is 0 Å². The van der Waals surface area contributed by atoms with Crippen LogP contribution in [0.5, 0.6) is 5.75 Å². The summed E-state index contributed by atoms with van der Waals surface area (Å²) in [5, 5.41) is 8.88. The molecule has 0 atom stereocenters. The number of aliphatic hydroxyl groups excluding tert-OH is 1. The van der Waals surface area contributed by atoms with Crippen molar-refractivity contribution in [2.45, 2.75) is 0 Å². The summed E-state index contributed by atoms with van der Waals surface area (Å²) in [7, 11) is 0. The average molecular weight is 347 g/mol. The Labute approximate surface area is 127 Å². The highest BCUT2D eigenvalue weighted by atomic mass is 79.9. The first-order valence-electron chi connectivity index (χ1n) is 6.82. The zero-order valence-corrected chi connectivity index (χ0v) is 13.0. The normalized spacial score (nSPS) is 17.4. The Kier molecular flexibility index (Phi) is 6.22. The van der Waals surface area contributed by atoms with Crippen molar-refractivity contribution in [3.05, 3.63) is 28.5 Å². The van der Waals surface area contributed by atoms with Gasteiger partial charge in [0.2, 0.25) is 0 Å². The van der Waals surface area contributed by atoms with Gasteiger partial charge in [-0.1, -0.05) is 15.9 Å². The molecule has 2 rings (SSSR count). The summed E-state index contributed by atoms with van der Waals surface area (Å²) in [6.45, 7) is 6.10. The molecule has 1 aromatic rings. The summed E-state index contributed by atoms with van der Waals surface area (Å²) < 4.78 is 19.7. The standard InChI is InChI=1S/C14H20BrFN2O2/c15-12-1-2-14(13(16)11-12)20-10-8-18-5-3-17(4-6-18)7-9-19/h1-2,11,19H,3-10H2. The molecule has 0 unspecified atom stereocenters. The second kappa shape index (κ2) is 7.93. The summed E-state index contributed by atoms with van der Waals surface area (Å²) >= 11 is 3.22. The molecule has 4 nitrogen and oxygen atoms in total. The quantitative estimate of drug-likeness (QED) is 0.848. The molecule has 1 fully saturated rings. The lowest BCUT2D eigenvalue weighted by molar-refractivity contribution is 0.101. The van der Waals surface area contributed by atoms with Gasteiger partial charge in [0.25, 0.3) is 0 Å². The van der Waals surface area contributed by atoms with Crippen molar-refractivity contribution < 1.29 is 14.2 Å². The summed E-state index contributed by atoms with van der Waals surface area (Å²) in [6, 6.07) is 4.81. The SMILES string of the molecule is OCCN1CCN(CCOc2ccc(Br)cc2F)CC1. The first-order valence-corrected chi connectivity index (χ1v) is 7.62. The van der Waals surface area contributed by atoms with Crippen LogP contribution >= 0.6 is 15.9 Å². The van der Waals surface area contributed by atoms with Crippen molar-refractivity contribution in [3.8, 4) is 5.75 Å². The van der Waals surface area contributed by atoms with Crippen LogP contribution in [0.25, 0.3) is 0 Å². The molecule has 1 aliphatic heterocycles. The van der Waals surface area contributed by atoms with Crippen LogP contribution in [0.4, 0.5) is 4.39 Å². The topological polar surface area (TPSA) is 35.9 Å². The highest BCUT2D eigenvalue weighted by Crippen LogP contribution is 2.21. The number of benzene rings is 1. The van der Waals surface area contributed by atoms with Crippen LogP contribution in [-0.4, -0.2) is 67.4 Å². The molecule has 0 radical (unpaired) electrons. The van der Waals surface area contributed by atoms with Crippen molar-refractivity contribution in [2.24, 2.45) is 0 Å². The van der Waals surface area contributed by atoms with Gasteiger partial charge in [0, 0.05) is 43.7 Å². The Balaban J connectivity index is 1.69. The number of hydrogen-bond acceptors (Lipinski definition) is 4. The molecular formula is C14H20BrFN2O2. The third-order valence-corrected chi connectivity index (χ3v) is 3.93. The van der Waals surface area contributed by atoms with Crippen molar-refractivity contribution in [3.63, 3.8) is 0 Å². The predicted octanol–water partition coefficient (Wildman–Crippen LogP) is 1.58. The average Bonchev–Trinajstić information content (AvgIpc) is 2.43. The number of nitrogens with zero attached hydrogens (tertiary/aromatic N) is 2. The minimum atomic E-state index is -0.341. The molecule has 20 heavy (non-hydrogen) atoms. The lowest BCUT2D eigenvalue weighted by atomic mass is 10.3. The fourth-order valence-electron chi connectivity index (χ4n) is 2.25. The summed E-state index contributed by atoms with van der Waals surface area (Å²) in [6.07, 6.45) is 0. The van der Waals surface area contributed by atoms with Gasteiger partial charge in [0.05, 0.1) is 6.61 Å². The lowest BCUT2D eigenvalue weighted by Crippen LogP contribution is -2.48. The molecule has 1 saturated heterocycles. The van der Waals surface area contributed by atoms with Crippen LogP contribution in [0.2, 0.25) is 0 Å². The first kappa shape index (κ1) is 15.7. The van der Waals surface area contributed by atoms with E-state index in [0.29, 0.717) is 16.8 Å². The minimum absolute atomic E-state index is 0.214. The Bertz CT molecular complexity index is 426. The van der Waals surface area contributed by atoms with Crippen molar-refractivity contribution in [2.75, 3.05) is 52.5 Å². The Morgan fingerprint density at radius 3 is 2.40 bits per heavy atom. The molecule has 0 aliphatic carbocycles. The number of piperazine rings is 1. The molecule has 0 bridgehead atoms. The van der Waals surface area contributed by atoms with E-state index in [9.17, 15) is 4.39 Å². The van der Waals surface area contributed by atoms with Crippen LogP contribution in [0.15, 0.2) is 22.7 Å². The van der Waals surface area contributed by atoms with Crippen molar-refractivity contribution in [1.82, 2.24) is 9.80 Å². The second-order valence-corrected chi connectivity index (χ2v) is 5.75. The lowest BCUT2D eigenvalue weighted by Gasteiger charge is -2.34. The van der Waals surface area contributed by atoms with Crippen LogP contribution in [0.1, 0.15) is 0 Å². The molecule has 1 N–H and O–H groups in total. The van der Waals surface area contributed by atoms with Gasteiger partial charge < -0.3 is 9.84 Å². The van der Waals surface area contributed by atoms with Gasteiger partial charge in [0.15, 0.2) is 11.6 Å². The van der Waals surface area contributed by atoms with Crippen LogP contribution in [-0.2, 0) is 0 Å². The van der Waals surface area contributed by atoms with Crippen molar-refractivity contribution >= 4 is 15.9 Å². The van der Waals surface area contributed by atoms with Crippen molar-refractivity contribution in [1.29, 1.82) is 0 Å². The molecule has 112 valence electrons. The highest BCUT2D eigenvalue weighted by Gasteiger charge is 2.16. The first-order chi connectivity index (χ1) is 9.69. The van der Waals surface area contributed by atoms with E-state index in [4.69, 9.17) is 9.84 Å². The summed E-state index contributed by atoms with van der Waals surface area (Å²) in [4.78, 5) is 4.54. The molecular weight excluding hydrogens is 327 g/mol. The largest absolute Gasteiger partial charge is 0.489 e. The molecule has 0 amide bonds. The van der Waals surface area contributed by atoms with E-state index in [1.54, 1.807) is 12.1 Å². The fourth-order valence-corrected chi connectivity index (χ4v) is 2.59. The van der Waals surface area contributed by atoms with E-state index in [-0.39, 0.29) is 12.4 Å². The minimum Gasteiger partial charge on any atom is -0.489 e. The van der Waals surface area contributed by atoms with Gasteiger partial charge in [-0.05, 0) is 18.2 Å². The zero-order chi connectivity index (χ0) is 14.4. The maximum absolute atomic E-state index is 13.6. The smallest absolute Gasteiger partial charge is 0.166 e. The number of ether oxygens (including phenoxy) is 1. The van der Waals surface area contributed by atoms with Gasteiger partial charge in [-0.15, -0.1) is 0 Å². The summed E-state index contributed by atoms with van der Waals surface area (Å²) in [5.41, 5.74) is 0. The van der Waals surface area contributed by atoms with Crippen LogP contribution < -0.4 is 4.74 Å². The van der Waals surface area contributed by atoms with Gasteiger partial charge in [-0.25, -0.2) is 4.39 Å². The van der Waals surface area contributed by atoms with Gasteiger partial charge in [0.1, 0.15) is 6.61 Å². The number of β-amino-alcohol motifs (C(OH)–C–C–N with tert-alkyl or cyclic N) is 1. The Hall–Kier alpha value is -0.690. The third-order valence-electron chi connectivity index (χ3n) is 3.44. The predicted molar refractivity (Wildman–Crippen MR) is 79.6 cm³/mol. The van der Waals surface area contributed by atoms with Crippen LogP contribution in [0, 0.1) is 5.82 Å². The van der Waals surface area contributed by atoms with Gasteiger partial charge in [-0.3, -0.25) is 9.80 Å². The van der Waals surface area contributed by atoms with Gasteiger partial charge in [-0.2, -0.15) is 0 Å². The molecule has 0 saturated carbocycles. The summed E-state index contributed by atoms with van der Waals surface area (Å²) in [5.74, 6) is -0.0424. The Morgan fingerprint density at radius 1 is 1.15 bits per heavy atom. The van der Waals surface area contributed by atoms with Gasteiger partial charge >= 0.3 is 0 Å². The van der Waals surface area contributed by atoms with E-state index in [0.717, 1.165) is 39.3 Å². The fraction of sp³-hybridized carbons (Fsp3) is 0.571. The monoisotopic (exact) mass is 346 g/mol. The zero-order valence-electron chi connectivity index (χ0n) is 11.4. The van der Waals surface area contributed by atoms with E-state index in [2.05, 4.69) is 25.7 Å². The van der Waals surface area contributed by atoms with E-state index < -0.39 is 0 Å². The molecule has 1 aromatic carbocycles. The molecule has 1 heterocycles. The van der Waals surface area contributed by atoms with Crippen LogP contribution in [0.3, 0.4) is 0 Å². The van der Waals surface area contributed by atoms with E-state index in [1.807, 2.05) is 0 Å². The molecule has 6 heteroatoms. The highest BCUT2D eigenvalue weighted by molar-refractivity contribution is 9.10. The van der Waals surface area contributed by atoms with E-state index in [1.165, 1.54) is 6.07 Å². The maximum Gasteiger partial charge on any atom is 0.166 e. The number of hydrogen-bond donors (Lipinski definition) is 1. The number of halogens is 2. The number of aliphatic hydroxyl groups is 1. The molecule has 1 aliphatic rings.